The molecule has 1 saturated carbocycles. The molecule has 0 radical (unpaired) electrons. The van der Waals surface area contributed by atoms with Crippen molar-refractivity contribution in [3.05, 3.63) is 30.1 Å². The summed E-state index contributed by atoms with van der Waals surface area (Å²) in [6, 6.07) is 3.72. The molecule has 102 valence electrons. The average Bonchev–Trinajstić information content (AvgIpc) is 2.86. The lowest BCUT2D eigenvalue weighted by Gasteiger charge is -2.18. The second-order valence-corrected chi connectivity index (χ2v) is 4.98. The fourth-order valence-corrected chi connectivity index (χ4v) is 2.56. The lowest BCUT2D eigenvalue weighted by molar-refractivity contribution is -0.124. The van der Waals surface area contributed by atoms with Crippen molar-refractivity contribution < 1.29 is 9.59 Å². The number of carbonyl (C=O) groups excluding carboxylic acids is 2. The van der Waals surface area contributed by atoms with Crippen molar-refractivity contribution in [3.8, 4) is 0 Å². The number of nitrogens with one attached hydrogen (secondary N) is 1. The molecular weight excluding hydrogens is 242 g/mol. The zero-order valence-electron chi connectivity index (χ0n) is 10.8. The normalized spacial score (nSPS) is 22.1. The molecule has 5 heteroatoms. The first-order chi connectivity index (χ1) is 9.16. The van der Waals surface area contributed by atoms with Gasteiger partial charge in [0.15, 0.2) is 0 Å². The van der Waals surface area contributed by atoms with Crippen LogP contribution in [0.1, 0.15) is 31.2 Å². The summed E-state index contributed by atoms with van der Waals surface area (Å²) >= 11 is 0. The molecule has 1 heterocycles. The lowest BCUT2D eigenvalue weighted by Crippen LogP contribution is -2.42. The smallest absolute Gasteiger partial charge is 0.222 e. The summed E-state index contributed by atoms with van der Waals surface area (Å²) in [5, 5.41) is 2.92. The van der Waals surface area contributed by atoms with Gasteiger partial charge in [-0.15, -0.1) is 0 Å². The first-order valence-corrected chi connectivity index (χ1v) is 6.64. The van der Waals surface area contributed by atoms with Gasteiger partial charge in [0, 0.05) is 24.9 Å². The topological polar surface area (TPSA) is 85.1 Å². The highest BCUT2D eigenvalue weighted by atomic mass is 16.2. The van der Waals surface area contributed by atoms with Crippen LogP contribution in [0, 0.1) is 5.92 Å². The van der Waals surface area contributed by atoms with E-state index in [0.717, 1.165) is 24.8 Å². The molecule has 2 rings (SSSR count). The van der Waals surface area contributed by atoms with Gasteiger partial charge in [-0.3, -0.25) is 14.6 Å². The minimum atomic E-state index is -0.310. The van der Waals surface area contributed by atoms with Crippen LogP contribution in [0.15, 0.2) is 24.5 Å². The third-order valence-electron chi connectivity index (χ3n) is 3.59. The summed E-state index contributed by atoms with van der Waals surface area (Å²) in [4.78, 5) is 27.1. The van der Waals surface area contributed by atoms with E-state index in [1.165, 1.54) is 0 Å². The van der Waals surface area contributed by atoms with Crippen molar-refractivity contribution >= 4 is 11.8 Å². The number of aromatic nitrogens is 1. The monoisotopic (exact) mass is 261 g/mol. The van der Waals surface area contributed by atoms with Gasteiger partial charge in [0.2, 0.25) is 11.8 Å². The molecule has 5 nitrogen and oxygen atoms in total. The van der Waals surface area contributed by atoms with Crippen LogP contribution in [0.2, 0.25) is 0 Å². The van der Waals surface area contributed by atoms with E-state index in [-0.39, 0.29) is 23.8 Å². The number of hydrogen-bond acceptors (Lipinski definition) is 3. The third-order valence-corrected chi connectivity index (χ3v) is 3.59. The number of pyridine rings is 1. The Hall–Kier alpha value is -1.91. The van der Waals surface area contributed by atoms with E-state index in [1.54, 1.807) is 12.4 Å². The number of nitrogens with zero attached hydrogens (tertiary/aromatic N) is 1. The molecular formula is C14H19N3O2. The van der Waals surface area contributed by atoms with Gasteiger partial charge in [0.05, 0.1) is 5.92 Å². The molecule has 1 aromatic rings. The van der Waals surface area contributed by atoms with Crippen molar-refractivity contribution in [1.29, 1.82) is 0 Å². The predicted molar refractivity (Wildman–Crippen MR) is 71.0 cm³/mol. The summed E-state index contributed by atoms with van der Waals surface area (Å²) in [6.45, 7) is 0. The van der Waals surface area contributed by atoms with E-state index in [9.17, 15) is 9.59 Å². The van der Waals surface area contributed by atoms with Gasteiger partial charge in [-0.05, 0) is 30.9 Å². The van der Waals surface area contributed by atoms with Gasteiger partial charge in [0.1, 0.15) is 0 Å². The van der Waals surface area contributed by atoms with Crippen molar-refractivity contribution in [2.45, 2.75) is 38.1 Å². The number of primary amides is 1. The molecule has 19 heavy (non-hydrogen) atoms. The number of rotatable bonds is 5. The number of hydrogen-bond donors (Lipinski definition) is 2. The largest absolute Gasteiger partial charge is 0.369 e. The summed E-state index contributed by atoms with van der Waals surface area (Å²) in [5.41, 5.74) is 6.37. The highest BCUT2D eigenvalue weighted by Crippen LogP contribution is 2.25. The van der Waals surface area contributed by atoms with Crippen molar-refractivity contribution in [2.75, 3.05) is 0 Å². The summed E-state index contributed by atoms with van der Waals surface area (Å²) in [6.07, 6.45) is 7.10. The Bertz CT molecular complexity index is 447. The molecule has 0 bridgehead atoms. The van der Waals surface area contributed by atoms with Crippen LogP contribution in [0.25, 0.3) is 0 Å². The van der Waals surface area contributed by atoms with Crippen LogP contribution >= 0.6 is 0 Å². The van der Waals surface area contributed by atoms with E-state index in [4.69, 9.17) is 5.73 Å². The number of nitrogens with two attached hydrogens (primary N) is 1. The maximum Gasteiger partial charge on any atom is 0.222 e. The summed E-state index contributed by atoms with van der Waals surface area (Å²) in [7, 11) is 0. The second-order valence-electron chi connectivity index (χ2n) is 4.98. The summed E-state index contributed by atoms with van der Waals surface area (Å²) < 4.78 is 0. The van der Waals surface area contributed by atoms with E-state index >= 15 is 0 Å². The van der Waals surface area contributed by atoms with Gasteiger partial charge in [-0.2, -0.15) is 0 Å². The zero-order valence-corrected chi connectivity index (χ0v) is 10.8. The van der Waals surface area contributed by atoms with Gasteiger partial charge in [-0.1, -0.05) is 12.5 Å². The molecule has 1 aliphatic carbocycles. The zero-order chi connectivity index (χ0) is 13.7. The fourth-order valence-electron chi connectivity index (χ4n) is 2.56. The first kappa shape index (κ1) is 13.5. The molecule has 0 spiro atoms. The first-order valence-electron chi connectivity index (χ1n) is 6.64. The minimum absolute atomic E-state index is 0.0259. The molecule has 1 aromatic heterocycles. The van der Waals surface area contributed by atoms with Gasteiger partial charge >= 0.3 is 0 Å². The highest BCUT2D eigenvalue weighted by Gasteiger charge is 2.32. The standard InChI is InChI=1S/C14H19N3O2/c15-14(19)11-4-1-5-12(11)17-13(18)7-6-10-3-2-8-16-9-10/h2-3,8-9,11-12H,1,4-7H2,(H2,15,19)(H,17,18)/t11-,12+/m1/s1. The SMILES string of the molecule is NC(=O)[C@@H]1CCC[C@@H]1NC(=O)CCc1cccnc1. The van der Waals surface area contributed by atoms with Crippen molar-refractivity contribution in [3.63, 3.8) is 0 Å². The third kappa shape index (κ3) is 3.77. The predicted octanol–water partition coefficient (Wildman–Crippen LogP) is 0.784. The Morgan fingerprint density at radius 3 is 2.95 bits per heavy atom. The highest BCUT2D eigenvalue weighted by molar-refractivity contribution is 5.80. The average molecular weight is 261 g/mol. The molecule has 0 unspecified atom stereocenters. The summed E-state index contributed by atoms with van der Waals surface area (Å²) in [5.74, 6) is -0.542. The number of aryl methyl sites for hydroxylation is 1. The Labute approximate surface area is 112 Å². The maximum absolute atomic E-state index is 11.9. The molecule has 1 fully saturated rings. The quantitative estimate of drug-likeness (QED) is 0.821. The maximum atomic E-state index is 11.9. The van der Waals surface area contributed by atoms with Crippen LogP contribution < -0.4 is 11.1 Å². The lowest BCUT2D eigenvalue weighted by atomic mass is 10.0. The molecule has 0 saturated heterocycles. The van der Waals surface area contributed by atoms with Crippen LogP contribution in [0.4, 0.5) is 0 Å². The van der Waals surface area contributed by atoms with E-state index in [0.29, 0.717) is 12.8 Å². The van der Waals surface area contributed by atoms with Gasteiger partial charge < -0.3 is 11.1 Å². The van der Waals surface area contributed by atoms with Gasteiger partial charge in [0.25, 0.3) is 0 Å². The Kier molecular flexibility index (Phi) is 4.49. The van der Waals surface area contributed by atoms with Crippen molar-refractivity contribution in [2.24, 2.45) is 11.7 Å². The molecule has 3 N–H and O–H groups in total. The fraction of sp³-hybridized carbons (Fsp3) is 0.500. The molecule has 0 aliphatic heterocycles. The Balaban J connectivity index is 1.80. The van der Waals surface area contributed by atoms with Gasteiger partial charge in [-0.25, -0.2) is 0 Å². The Morgan fingerprint density at radius 2 is 2.26 bits per heavy atom. The van der Waals surface area contributed by atoms with E-state index in [2.05, 4.69) is 10.3 Å². The molecule has 1 aliphatic rings. The minimum Gasteiger partial charge on any atom is -0.369 e. The molecule has 2 amide bonds. The molecule has 2 atom stereocenters. The molecule has 0 aromatic carbocycles. The van der Waals surface area contributed by atoms with Crippen LogP contribution in [0.3, 0.4) is 0 Å². The van der Waals surface area contributed by atoms with Crippen LogP contribution in [-0.2, 0) is 16.0 Å². The van der Waals surface area contributed by atoms with E-state index in [1.807, 2.05) is 12.1 Å². The number of carbonyl (C=O) groups is 2. The number of amides is 2. The van der Waals surface area contributed by atoms with Crippen LogP contribution in [0.5, 0.6) is 0 Å². The van der Waals surface area contributed by atoms with E-state index < -0.39 is 0 Å². The Morgan fingerprint density at radius 1 is 1.42 bits per heavy atom. The second kappa shape index (κ2) is 6.31. The van der Waals surface area contributed by atoms with Crippen LogP contribution in [-0.4, -0.2) is 22.8 Å². The van der Waals surface area contributed by atoms with Crippen molar-refractivity contribution in [1.82, 2.24) is 10.3 Å².